The Hall–Kier alpha value is -2.47. The topological polar surface area (TPSA) is 70.7 Å². The van der Waals surface area contributed by atoms with E-state index in [1.54, 1.807) is 6.07 Å². The van der Waals surface area contributed by atoms with Crippen LogP contribution < -0.4 is 5.32 Å². The number of amides is 1. The van der Waals surface area contributed by atoms with Crippen LogP contribution in [0.2, 0.25) is 0 Å². The van der Waals surface area contributed by atoms with E-state index in [1.807, 2.05) is 42.6 Å². The number of nitrogens with one attached hydrogen (secondary N) is 2. The molecule has 0 aliphatic heterocycles. The Labute approximate surface area is 119 Å². The van der Waals surface area contributed by atoms with E-state index in [1.165, 1.54) is 11.3 Å². The summed E-state index contributed by atoms with van der Waals surface area (Å²) in [7, 11) is 0. The summed E-state index contributed by atoms with van der Waals surface area (Å²) in [5.74, 6) is 1.27. The molecule has 0 fully saturated rings. The summed E-state index contributed by atoms with van der Waals surface area (Å²) < 4.78 is 0. The molecule has 0 bridgehead atoms. The number of anilines is 1. The number of hydrogen-bond donors (Lipinski definition) is 2. The zero-order valence-corrected chi connectivity index (χ0v) is 11.6. The maximum atomic E-state index is 12.0. The van der Waals surface area contributed by atoms with Gasteiger partial charge < -0.3 is 5.32 Å². The molecule has 3 aromatic rings. The lowest BCUT2D eigenvalue weighted by atomic mass is 10.2. The van der Waals surface area contributed by atoms with Crippen LogP contribution in [0.15, 0.2) is 41.8 Å². The third-order valence-corrected chi connectivity index (χ3v) is 3.59. The molecule has 5 nitrogen and oxygen atoms in total. The maximum Gasteiger partial charge on any atom is 0.265 e. The molecule has 20 heavy (non-hydrogen) atoms. The first-order valence-corrected chi connectivity index (χ1v) is 6.94. The van der Waals surface area contributed by atoms with Crippen LogP contribution in [0.1, 0.15) is 15.5 Å². The molecule has 0 aliphatic carbocycles. The van der Waals surface area contributed by atoms with Crippen LogP contribution in [-0.2, 0) is 0 Å². The number of rotatable bonds is 3. The lowest BCUT2D eigenvalue weighted by Crippen LogP contribution is -2.09. The fourth-order valence-electron chi connectivity index (χ4n) is 1.81. The molecule has 3 rings (SSSR count). The van der Waals surface area contributed by atoms with Gasteiger partial charge in [0.05, 0.1) is 4.88 Å². The minimum Gasteiger partial charge on any atom is -0.321 e. The first-order chi connectivity index (χ1) is 9.72. The zero-order valence-electron chi connectivity index (χ0n) is 10.8. The predicted octanol–water partition coefficient (Wildman–Crippen LogP) is 3.09. The summed E-state index contributed by atoms with van der Waals surface area (Å²) in [5.41, 5.74) is 1.58. The van der Waals surface area contributed by atoms with E-state index >= 15 is 0 Å². The van der Waals surface area contributed by atoms with Crippen molar-refractivity contribution >= 4 is 22.9 Å². The highest BCUT2D eigenvalue weighted by Crippen LogP contribution is 2.20. The lowest BCUT2D eigenvalue weighted by molar-refractivity contribution is 0.103. The first-order valence-electron chi connectivity index (χ1n) is 6.07. The number of carbonyl (C=O) groups is 1. The number of H-pyrrole nitrogens is 1. The molecule has 1 amide bonds. The van der Waals surface area contributed by atoms with Crippen molar-refractivity contribution in [2.75, 3.05) is 5.32 Å². The van der Waals surface area contributed by atoms with Gasteiger partial charge in [-0.15, -0.1) is 11.3 Å². The lowest BCUT2D eigenvalue weighted by Gasteiger charge is -2.04. The van der Waals surface area contributed by atoms with Crippen LogP contribution in [0, 0.1) is 6.92 Å². The monoisotopic (exact) mass is 284 g/mol. The molecule has 6 heteroatoms. The molecule has 1 aromatic carbocycles. The number of aromatic amines is 1. The molecule has 0 spiro atoms. The third kappa shape index (κ3) is 2.60. The SMILES string of the molecule is Cc1nc(-c2cccc(NC(=O)c3cccs3)c2)n[nH]1. The number of nitrogens with zero attached hydrogens (tertiary/aromatic N) is 2. The van der Waals surface area contributed by atoms with E-state index in [0.29, 0.717) is 10.7 Å². The minimum absolute atomic E-state index is 0.108. The molecule has 2 aromatic heterocycles. The standard InChI is InChI=1S/C14H12N4OS/c1-9-15-13(18-17-9)10-4-2-5-11(8-10)16-14(19)12-6-3-7-20-12/h2-8H,1H3,(H,16,19)(H,15,17,18). The van der Waals surface area contributed by atoms with Crippen LogP contribution in [0.25, 0.3) is 11.4 Å². The Morgan fingerprint density at radius 2 is 2.20 bits per heavy atom. The van der Waals surface area contributed by atoms with E-state index < -0.39 is 0 Å². The summed E-state index contributed by atoms with van der Waals surface area (Å²) in [6, 6.07) is 11.1. The van der Waals surface area contributed by atoms with Gasteiger partial charge in [0, 0.05) is 11.3 Å². The molecule has 2 heterocycles. The fraction of sp³-hybridized carbons (Fsp3) is 0.0714. The van der Waals surface area contributed by atoms with Crippen LogP contribution in [0.3, 0.4) is 0 Å². The second-order valence-corrected chi connectivity index (χ2v) is 5.20. The van der Waals surface area contributed by atoms with Crippen molar-refractivity contribution in [3.63, 3.8) is 0 Å². The molecule has 0 atom stereocenters. The van der Waals surface area contributed by atoms with Crippen LogP contribution in [-0.4, -0.2) is 21.1 Å². The van der Waals surface area contributed by atoms with Crippen molar-refractivity contribution in [3.05, 3.63) is 52.5 Å². The third-order valence-electron chi connectivity index (χ3n) is 2.72. The van der Waals surface area contributed by atoms with Gasteiger partial charge >= 0.3 is 0 Å². The van der Waals surface area contributed by atoms with Gasteiger partial charge in [0.2, 0.25) is 0 Å². The van der Waals surface area contributed by atoms with E-state index in [9.17, 15) is 4.79 Å². The minimum atomic E-state index is -0.108. The van der Waals surface area contributed by atoms with Gasteiger partial charge in [-0.05, 0) is 30.5 Å². The van der Waals surface area contributed by atoms with Crippen molar-refractivity contribution < 1.29 is 4.79 Å². The van der Waals surface area contributed by atoms with Crippen molar-refractivity contribution in [1.82, 2.24) is 15.2 Å². The Morgan fingerprint density at radius 3 is 2.90 bits per heavy atom. The Bertz CT molecular complexity index is 733. The van der Waals surface area contributed by atoms with Crippen molar-refractivity contribution in [3.8, 4) is 11.4 Å². The molecule has 2 N–H and O–H groups in total. The van der Waals surface area contributed by atoms with Gasteiger partial charge in [-0.3, -0.25) is 9.89 Å². The van der Waals surface area contributed by atoms with E-state index in [4.69, 9.17) is 0 Å². The average Bonchev–Trinajstić information content (AvgIpc) is 3.10. The van der Waals surface area contributed by atoms with Crippen molar-refractivity contribution in [2.45, 2.75) is 6.92 Å². The normalized spacial score (nSPS) is 10.4. The van der Waals surface area contributed by atoms with E-state index in [-0.39, 0.29) is 5.91 Å². The number of carbonyl (C=O) groups excluding carboxylic acids is 1. The highest BCUT2D eigenvalue weighted by atomic mass is 32.1. The van der Waals surface area contributed by atoms with Gasteiger partial charge in [-0.25, -0.2) is 4.98 Å². The number of hydrogen-bond acceptors (Lipinski definition) is 4. The summed E-state index contributed by atoms with van der Waals surface area (Å²) in [6.07, 6.45) is 0. The largest absolute Gasteiger partial charge is 0.321 e. The molecular weight excluding hydrogens is 272 g/mol. The van der Waals surface area contributed by atoms with Gasteiger partial charge in [0.1, 0.15) is 5.82 Å². The fourth-order valence-corrected chi connectivity index (χ4v) is 2.43. The van der Waals surface area contributed by atoms with Gasteiger partial charge in [0.15, 0.2) is 5.82 Å². The second kappa shape index (κ2) is 5.26. The summed E-state index contributed by atoms with van der Waals surface area (Å²) in [6.45, 7) is 1.85. The van der Waals surface area contributed by atoms with Crippen molar-refractivity contribution in [1.29, 1.82) is 0 Å². The molecule has 0 unspecified atom stereocenters. The molecule has 0 radical (unpaired) electrons. The highest BCUT2D eigenvalue weighted by molar-refractivity contribution is 7.12. The molecule has 100 valence electrons. The van der Waals surface area contributed by atoms with Gasteiger partial charge in [0.25, 0.3) is 5.91 Å². The Balaban J connectivity index is 1.83. The van der Waals surface area contributed by atoms with E-state index in [2.05, 4.69) is 20.5 Å². The molecular formula is C14H12N4OS. The summed E-state index contributed by atoms with van der Waals surface area (Å²) in [4.78, 5) is 16.9. The number of thiophene rings is 1. The summed E-state index contributed by atoms with van der Waals surface area (Å²) in [5, 5.41) is 11.7. The predicted molar refractivity (Wildman–Crippen MR) is 78.8 cm³/mol. The first kappa shape index (κ1) is 12.6. The highest BCUT2D eigenvalue weighted by Gasteiger charge is 2.08. The summed E-state index contributed by atoms with van der Waals surface area (Å²) >= 11 is 1.41. The number of benzene rings is 1. The van der Waals surface area contributed by atoms with Crippen molar-refractivity contribution in [2.24, 2.45) is 0 Å². The maximum absolute atomic E-state index is 12.0. The Kier molecular flexibility index (Phi) is 3.30. The average molecular weight is 284 g/mol. The molecule has 0 saturated heterocycles. The molecule has 0 aliphatic rings. The number of aryl methyl sites for hydroxylation is 1. The van der Waals surface area contributed by atoms with Gasteiger partial charge in [-0.1, -0.05) is 18.2 Å². The van der Waals surface area contributed by atoms with Crippen LogP contribution in [0.4, 0.5) is 5.69 Å². The second-order valence-electron chi connectivity index (χ2n) is 4.26. The van der Waals surface area contributed by atoms with Gasteiger partial charge in [-0.2, -0.15) is 5.10 Å². The smallest absolute Gasteiger partial charge is 0.265 e. The van der Waals surface area contributed by atoms with E-state index in [0.717, 1.165) is 17.1 Å². The van der Waals surface area contributed by atoms with Crippen LogP contribution in [0.5, 0.6) is 0 Å². The number of aromatic nitrogens is 3. The molecule has 0 saturated carbocycles. The quantitative estimate of drug-likeness (QED) is 0.776. The Morgan fingerprint density at radius 1 is 1.30 bits per heavy atom. The van der Waals surface area contributed by atoms with Crippen LogP contribution >= 0.6 is 11.3 Å². The zero-order chi connectivity index (χ0) is 13.9.